The first kappa shape index (κ1) is 12.8. The Balaban J connectivity index is 2.31. The molecule has 3 nitrogen and oxygen atoms in total. The molecule has 15 heavy (non-hydrogen) atoms. The summed E-state index contributed by atoms with van der Waals surface area (Å²) >= 11 is 5.69. The molecule has 0 saturated heterocycles. The molecule has 88 valence electrons. The van der Waals surface area contributed by atoms with Crippen molar-refractivity contribution in [1.82, 2.24) is 0 Å². The second-order valence-corrected chi connectivity index (χ2v) is 4.92. The van der Waals surface area contributed by atoms with Crippen molar-refractivity contribution in [3.8, 4) is 0 Å². The summed E-state index contributed by atoms with van der Waals surface area (Å²) in [5, 5.41) is 7.78. The molecule has 1 aliphatic rings. The first-order valence-electron chi connectivity index (χ1n) is 5.56. The van der Waals surface area contributed by atoms with Crippen LogP contribution in [0, 0.1) is 5.92 Å². The van der Waals surface area contributed by atoms with Gasteiger partial charge in [-0.1, -0.05) is 43.7 Å². The van der Waals surface area contributed by atoms with Gasteiger partial charge in [-0.05, 0) is 12.3 Å². The van der Waals surface area contributed by atoms with Gasteiger partial charge >= 0.3 is 5.97 Å². The zero-order valence-corrected chi connectivity index (χ0v) is 9.92. The zero-order valence-electron chi connectivity index (χ0n) is 9.17. The minimum absolute atomic E-state index is 0.284. The maximum atomic E-state index is 11.1. The van der Waals surface area contributed by atoms with Crippen LogP contribution in [0.2, 0.25) is 0 Å². The third-order valence-electron chi connectivity index (χ3n) is 3.11. The van der Waals surface area contributed by atoms with Crippen molar-refractivity contribution in [2.45, 2.75) is 50.0 Å². The van der Waals surface area contributed by atoms with E-state index < -0.39 is 11.0 Å². The van der Waals surface area contributed by atoms with Gasteiger partial charge in [0.15, 0.2) is 0 Å². The summed E-state index contributed by atoms with van der Waals surface area (Å²) < 4.78 is 4.43. The fraction of sp³-hybridized carbons (Fsp3) is 0.909. The van der Waals surface area contributed by atoms with E-state index in [2.05, 4.69) is 4.74 Å². The number of alkyl halides is 1. The molecule has 1 saturated carbocycles. The number of halogens is 1. The van der Waals surface area contributed by atoms with E-state index >= 15 is 0 Å². The van der Waals surface area contributed by atoms with E-state index in [4.69, 9.17) is 11.6 Å². The highest BCUT2D eigenvalue weighted by Crippen LogP contribution is 2.31. The highest BCUT2D eigenvalue weighted by molar-refractivity contribution is 6.32. The second kappa shape index (κ2) is 5.71. The predicted octanol–water partition coefficient (Wildman–Crippen LogP) is 2.45. The van der Waals surface area contributed by atoms with Crippen LogP contribution in [0.3, 0.4) is 0 Å². The minimum Gasteiger partial charge on any atom is -0.466 e. The van der Waals surface area contributed by atoms with Crippen LogP contribution >= 0.6 is 11.6 Å². The summed E-state index contributed by atoms with van der Waals surface area (Å²) in [4.78, 5) is 11.1. The largest absolute Gasteiger partial charge is 0.466 e. The molecule has 0 amide bonds. The number of hydrogen-bond acceptors (Lipinski definition) is 3. The number of ether oxygens (including phenoxy) is 1. The number of hydrogen-bond donors (Lipinski definition) is 1. The zero-order chi connectivity index (χ0) is 11.3. The summed E-state index contributed by atoms with van der Waals surface area (Å²) in [5.41, 5.74) is 0. The quantitative estimate of drug-likeness (QED) is 0.600. The maximum Gasteiger partial charge on any atom is 0.353 e. The first-order chi connectivity index (χ1) is 7.06. The highest BCUT2D eigenvalue weighted by atomic mass is 35.5. The van der Waals surface area contributed by atoms with Gasteiger partial charge in [-0.2, -0.15) is 0 Å². The molecule has 0 heterocycles. The molecule has 0 aliphatic heterocycles. The van der Waals surface area contributed by atoms with E-state index in [1.165, 1.54) is 39.2 Å². The van der Waals surface area contributed by atoms with Gasteiger partial charge in [-0.15, -0.1) is 0 Å². The SMILES string of the molecule is COC(=O)[C@](O)(Cl)CCC1CCCCC1. The topological polar surface area (TPSA) is 46.5 Å². The van der Waals surface area contributed by atoms with E-state index in [0.717, 1.165) is 6.42 Å². The summed E-state index contributed by atoms with van der Waals surface area (Å²) in [6, 6.07) is 0. The Morgan fingerprint density at radius 1 is 1.47 bits per heavy atom. The van der Waals surface area contributed by atoms with Crippen LogP contribution in [0.1, 0.15) is 44.9 Å². The molecule has 0 radical (unpaired) electrons. The van der Waals surface area contributed by atoms with Crippen LogP contribution in [0.25, 0.3) is 0 Å². The molecule has 0 bridgehead atoms. The predicted molar refractivity (Wildman–Crippen MR) is 58.6 cm³/mol. The minimum atomic E-state index is -1.83. The standard InChI is InChI=1S/C11H19ClO3/c1-15-10(13)11(12,14)8-7-9-5-3-2-4-6-9/h9,14H,2-8H2,1H3/t11-/m0/s1. The maximum absolute atomic E-state index is 11.1. The van der Waals surface area contributed by atoms with E-state index in [1.807, 2.05) is 0 Å². The first-order valence-corrected chi connectivity index (χ1v) is 5.94. The monoisotopic (exact) mass is 234 g/mol. The highest BCUT2D eigenvalue weighted by Gasteiger charge is 2.35. The number of methoxy groups -OCH3 is 1. The number of esters is 1. The van der Waals surface area contributed by atoms with E-state index in [0.29, 0.717) is 5.92 Å². The third kappa shape index (κ3) is 3.99. The molecular formula is C11H19ClO3. The Labute approximate surface area is 95.8 Å². The Kier molecular flexibility index (Phi) is 4.87. The molecule has 1 rings (SSSR count). The molecule has 0 aromatic heterocycles. The number of carbonyl (C=O) groups is 1. The molecule has 1 N–H and O–H groups in total. The lowest BCUT2D eigenvalue weighted by Crippen LogP contribution is -2.34. The Morgan fingerprint density at radius 3 is 2.60 bits per heavy atom. The lowest BCUT2D eigenvalue weighted by atomic mass is 9.85. The Hall–Kier alpha value is -0.280. The van der Waals surface area contributed by atoms with Crippen LogP contribution in [-0.2, 0) is 9.53 Å². The normalized spacial score (nSPS) is 22.1. The van der Waals surface area contributed by atoms with Gasteiger partial charge in [0.05, 0.1) is 7.11 Å². The van der Waals surface area contributed by atoms with Gasteiger partial charge in [0.1, 0.15) is 0 Å². The molecule has 4 heteroatoms. The fourth-order valence-electron chi connectivity index (χ4n) is 2.13. The number of carbonyl (C=O) groups excluding carboxylic acids is 1. The van der Waals surface area contributed by atoms with Gasteiger partial charge in [-0.25, -0.2) is 4.79 Å². The lowest BCUT2D eigenvalue weighted by molar-refractivity contribution is -0.154. The van der Waals surface area contributed by atoms with Crippen LogP contribution in [0.4, 0.5) is 0 Å². The van der Waals surface area contributed by atoms with Crippen LogP contribution in [0.15, 0.2) is 0 Å². The Bertz CT molecular complexity index is 210. The van der Waals surface area contributed by atoms with Gasteiger partial charge in [0, 0.05) is 6.42 Å². The average Bonchev–Trinajstić information content (AvgIpc) is 2.27. The van der Waals surface area contributed by atoms with Gasteiger partial charge in [0.2, 0.25) is 5.06 Å². The number of rotatable bonds is 4. The van der Waals surface area contributed by atoms with Crippen molar-refractivity contribution < 1.29 is 14.6 Å². The summed E-state index contributed by atoms with van der Waals surface area (Å²) in [5.74, 6) is -0.145. The van der Waals surface area contributed by atoms with Crippen LogP contribution in [0.5, 0.6) is 0 Å². The molecular weight excluding hydrogens is 216 g/mol. The van der Waals surface area contributed by atoms with Crippen molar-refractivity contribution in [3.63, 3.8) is 0 Å². The molecule has 1 atom stereocenters. The fourth-order valence-corrected chi connectivity index (χ4v) is 2.32. The lowest BCUT2D eigenvalue weighted by Gasteiger charge is -2.24. The van der Waals surface area contributed by atoms with Crippen molar-refractivity contribution in [2.24, 2.45) is 5.92 Å². The molecule has 0 unspecified atom stereocenters. The number of aliphatic hydroxyl groups is 1. The summed E-state index contributed by atoms with van der Waals surface area (Å²) in [7, 11) is 1.23. The van der Waals surface area contributed by atoms with Gasteiger partial charge in [0.25, 0.3) is 0 Å². The van der Waals surface area contributed by atoms with Crippen molar-refractivity contribution >= 4 is 17.6 Å². The van der Waals surface area contributed by atoms with Crippen LogP contribution < -0.4 is 0 Å². The molecule has 0 spiro atoms. The second-order valence-electron chi connectivity index (χ2n) is 4.29. The average molecular weight is 235 g/mol. The van der Waals surface area contributed by atoms with E-state index in [1.54, 1.807) is 0 Å². The molecule has 1 fully saturated rings. The molecule has 0 aromatic carbocycles. The molecule has 0 aromatic rings. The smallest absolute Gasteiger partial charge is 0.353 e. The molecule has 1 aliphatic carbocycles. The van der Waals surface area contributed by atoms with Crippen LogP contribution in [-0.4, -0.2) is 23.2 Å². The van der Waals surface area contributed by atoms with E-state index in [9.17, 15) is 9.90 Å². The summed E-state index contributed by atoms with van der Waals surface area (Å²) in [6.45, 7) is 0. The van der Waals surface area contributed by atoms with Crippen molar-refractivity contribution in [1.29, 1.82) is 0 Å². The third-order valence-corrected chi connectivity index (χ3v) is 3.45. The van der Waals surface area contributed by atoms with Gasteiger partial charge in [-0.3, -0.25) is 0 Å². The van der Waals surface area contributed by atoms with Crippen molar-refractivity contribution in [2.75, 3.05) is 7.11 Å². The van der Waals surface area contributed by atoms with E-state index in [-0.39, 0.29) is 6.42 Å². The Morgan fingerprint density at radius 2 is 2.07 bits per heavy atom. The van der Waals surface area contributed by atoms with Crippen molar-refractivity contribution in [3.05, 3.63) is 0 Å². The van der Waals surface area contributed by atoms with Gasteiger partial charge < -0.3 is 9.84 Å². The summed E-state index contributed by atoms with van der Waals surface area (Å²) in [6.07, 6.45) is 7.27.